The van der Waals surface area contributed by atoms with Crippen molar-refractivity contribution < 1.29 is 4.94 Å². The first-order valence-corrected chi connectivity index (χ1v) is 18.2. The Bertz CT molecular complexity index is 417. The lowest BCUT2D eigenvalue weighted by Crippen LogP contribution is -2.40. The highest BCUT2D eigenvalue weighted by Gasteiger charge is 2.16. The second-order valence-electron chi connectivity index (χ2n) is 12.9. The van der Waals surface area contributed by atoms with Crippen LogP contribution in [0, 0.1) is 0 Å². The first kappa shape index (κ1) is 38.9. The number of rotatable bonds is 32. The third-order valence-electron chi connectivity index (χ3n) is 8.95. The van der Waals surface area contributed by atoms with Crippen molar-refractivity contribution in [2.24, 2.45) is 0 Å². The van der Waals surface area contributed by atoms with E-state index in [2.05, 4.69) is 51.9 Å². The highest BCUT2D eigenvalue weighted by molar-refractivity contribution is 4.60. The summed E-state index contributed by atoms with van der Waals surface area (Å²) >= 11 is 0. The monoisotopic (exact) mass is 553 g/mol. The number of nitrogens with zero attached hydrogens (tertiary/aromatic N) is 2. The number of hydrogen-bond donors (Lipinski definition) is 0. The van der Waals surface area contributed by atoms with Gasteiger partial charge in [-0.2, -0.15) is 10.1 Å². The van der Waals surface area contributed by atoms with E-state index in [4.69, 9.17) is 4.94 Å². The molecule has 3 heteroatoms. The van der Waals surface area contributed by atoms with Gasteiger partial charge in [-0.3, -0.25) is 0 Å². The number of hydroxylamine groups is 4. The predicted molar refractivity (Wildman–Crippen MR) is 176 cm³/mol. The van der Waals surface area contributed by atoms with E-state index in [0.29, 0.717) is 12.1 Å². The SMILES string of the molecule is CCCCCCCCCCCCCCCC(C)N(C)ON(C)C(C)CCCCCCCCCCCCCCC. The predicted octanol–water partition coefficient (Wildman–Crippen LogP) is 12.4. The van der Waals surface area contributed by atoms with E-state index < -0.39 is 0 Å². The van der Waals surface area contributed by atoms with Crippen molar-refractivity contribution in [3.63, 3.8) is 0 Å². The average molecular weight is 553 g/mol. The zero-order chi connectivity index (χ0) is 28.8. The van der Waals surface area contributed by atoms with Gasteiger partial charge in [0.25, 0.3) is 0 Å². The molecule has 0 saturated heterocycles. The van der Waals surface area contributed by atoms with Crippen molar-refractivity contribution in [1.82, 2.24) is 10.1 Å². The molecule has 0 spiro atoms. The van der Waals surface area contributed by atoms with Crippen molar-refractivity contribution in [2.75, 3.05) is 14.1 Å². The molecule has 236 valence electrons. The van der Waals surface area contributed by atoms with E-state index in [0.717, 1.165) is 0 Å². The van der Waals surface area contributed by atoms with Crippen LogP contribution in [0.1, 0.15) is 207 Å². The summed E-state index contributed by atoms with van der Waals surface area (Å²) in [4.78, 5) is 6.17. The van der Waals surface area contributed by atoms with Gasteiger partial charge in [-0.25, -0.2) is 4.94 Å². The summed E-state index contributed by atoms with van der Waals surface area (Å²) in [6.45, 7) is 9.22. The molecule has 0 rings (SSSR count). The Morgan fingerprint density at radius 3 is 0.795 bits per heavy atom. The van der Waals surface area contributed by atoms with E-state index in [-0.39, 0.29) is 0 Å². The molecule has 0 aliphatic carbocycles. The lowest BCUT2D eigenvalue weighted by atomic mass is 10.0. The van der Waals surface area contributed by atoms with Gasteiger partial charge in [-0.05, 0) is 26.7 Å². The third kappa shape index (κ3) is 27.8. The molecule has 0 radical (unpaired) electrons. The van der Waals surface area contributed by atoms with Gasteiger partial charge in [0, 0.05) is 26.2 Å². The summed E-state index contributed by atoms with van der Waals surface area (Å²) < 4.78 is 0. The molecule has 0 aromatic carbocycles. The molecule has 3 nitrogen and oxygen atoms in total. The van der Waals surface area contributed by atoms with Gasteiger partial charge in [0.1, 0.15) is 0 Å². The molecule has 0 heterocycles. The summed E-state index contributed by atoms with van der Waals surface area (Å²) in [7, 11) is 4.22. The van der Waals surface area contributed by atoms with Crippen LogP contribution >= 0.6 is 0 Å². The fourth-order valence-electron chi connectivity index (χ4n) is 5.64. The Balaban J connectivity index is 3.54. The van der Waals surface area contributed by atoms with Crippen LogP contribution in [0.5, 0.6) is 0 Å². The molecular formula is C36H76N2O. The summed E-state index contributed by atoms with van der Waals surface area (Å²) in [5.41, 5.74) is 0. The zero-order valence-corrected chi connectivity index (χ0v) is 28.3. The van der Waals surface area contributed by atoms with E-state index in [1.807, 2.05) is 0 Å². The molecule has 0 bridgehead atoms. The highest BCUT2D eigenvalue weighted by Crippen LogP contribution is 2.17. The molecule has 0 fully saturated rings. The minimum Gasteiger partial charge on any atom is -0.208 e. The van der Waals surface area contributed by atoms with Crippen LogP contribution in [0.2, 0.25) is 0 Å². The zero-order valence-electron chi connectivity index (χ0n) is 28.3. The van der Waals surface area contributed by atoms with Crippen LogP contribution in [0.4, 0.5) is 0 Å². The van der Waals surface area contributed by atoms with Gasteiger partial charge in [0.05, 0.1) is 0 Å². The molecule has 39 heavy (non-hydrogen) atoms. The molecule has 2 atom stereocenters. The largest absolute Gasteiger partial charge is 0.208 e. The summed E-state index contributed by atoms with van der Waals surface area (Å²) in [5, 5.41) is 4.17. The van der Waals surface area contributed by atoms with Gasteiger partial charge in [-0.15, -0.1) is 0 Å². The molecule has 0 amide bonds. The average Bonchev–Trinajstić information content (AvgIpc) is 2.93. The molecule has 2 unspecified atom stereocenters. The van der Waals surface area contributed by atoms with Crippen molar-refractivity contribution >= 4 is 0 Å². The fraction of sp³-hybridized carbons (Fsp3) is 1.00. The molecule has 0 aromatic rings. The Morgan fingerprint density at radius 2 is 0.564 bits per heavy atom. The summed E-state index contributed by atoms with van der Waals surface area (Å²) in [6, 6.07) is 0.951. The van der Waals surface area contributed by atoms with E-state index >= 15 is 0 Å². The summed E-state index contributed by atoms with van der Waals surface area (Å²) in [6.07, 6.45) is 39.4. The maximum absolute atomic E-state index is 6.17. The van der Waals surface area contributed by atoms with Crippen molar-refractivity contribution in [1.29, 1.82) is 0 Å². The van der Waals surface area contributed by atoms with Crippen molar-refractivity contribution in [3.8, 4) is 0 Å². The third-order valence-corrected chi connectivity index (χ3v) is 8.95. The minimum atomic E-state index is 0.476. The second-order valence-corrected chi connectivity index (χ2v) is 12.9. The van der Waals surface area contributed by atoms with Gasteiger partial charge in [0.15, 0.2) is 0 Å². The topological polar surface area (TPSA) is 15.7 Å². The van der Waals surface area contributed by atoms with Crippen LogP contribution in [-0.4, -0.2) is 36.3 Å². The van der Waals surface area contributed by atoms with Crippen LogP contribution in [-0.2, 0) is 4.94 Å². The van der Waals surface area contributed by atoms with Gasteiger partial charge < -0.3 is 0 Å². The second kappa shape index (κ2) is 30.8. The van der Waals surface area contributed by atoms with Crippen molar-refractivity contribution in [3.05, 3.63) is 0 Å². The van der Waals surface area contributed by atoms with Crippen LogP contribution in [0.15, 0.2) is 0 Å². The Morgan fingerprint density at radius 1 is 0.359 bits per heavy atom. The molecule has 0 saturated carbocycles. The molecule has 0 aromatic heterocycles. The normalized spacial score (nSPS) is 13.5. The first-order valence-electron chi connectivity index (χ1n) is 18.2. The van der Waals surface area contributed by atoms with Crippen molar-refractivity contribution in [2.45, 2.75) is 220 Å². The number of unbranched alkanes of at least 4 members (excludes halogenated alkanes) is 24. The van der Waals surface area contributed by atoms with E-state index in [1.165, 1.54) is 180 Å². The highest BCUT2D eigenvalue weighted by atomic mass is 16.8. The lowest BCUT2D eigenvalue weighted by Gasteiger charge is -2.31. The molecular weight excluding hydrogens is 476 g/mol. The maximum Gasteiger partial charge on any atom is 0.0340 e. The van der Waals surface area contributed by atoms with E-state index in [9.17, 15) is 0 Å². The van der Waals surface area contributed by atoms with Gasteiger partial charge in [-0.1, -0.05) is 181 Å². The number of hydrogen-bond acceptors (Lipinski definition) is 3. The van der Waals surface area contributed by atoms with Gasteiger partial charge >= 0.3 is 0 Å². The van der Waals surface area contributed by atoms with Crippen LogP contribution in [0.3, 0.4) is 0 Å². The summed E-state index contributed by atoms with van der Waals surface area (Å²) in [5.74, 6) is 0. The lowest BCUT2D eigenvalue weighted by molar-refractivity contribution is -0.331. The minimum absolute atomic E-state index is 0.476. The Kier molecular flexibility index (Phi) is 30.7. The Hall–Kier alpha value is -0.120. The standard InChI is InChI=1S/C36H76N2O/c1-7-9-11-13-15-17-19-21-23-25-27-29-31-33-35(3)37(5)39-38(6)36(4)34-32-30-28-26-24-22-20-18-16-14-12-10-8-2/h35-36H,7-34H2,1-6H3. The Labute approximate surface area is 248 Å². The quantitative estimate of drug-likeness (QED) is 0.0609. The van der Waals surface area contributed by atoms with Crippen LogP contribution in [0.25, 0.3) is 0 Å². The fourth-order valence-corrected chi connectivity index (χ4v) is 5.64. The van der Waals surface area contributed by atoms with Crippen LogP contribution < -0.4 is 0 Å². The van der Waals surface area contributed by atoms with E-state index in [1.54, 1.807) is 0 Å². The van der Waals surface area contributed by atoms with Gasteiger partial charge in [0.2, 0.25) is 0 Å². The maximum atomic E-state index is 6.17. The molecule has 0 N–H and O–H groups in total. The molecule has 0 aliphatic rings. The smallest absolute Gasteiger partial charge is 0.0340 e. The first-order chi connectivity index (χ1) is 19.0. The molecule has 0 aliphatic heterocycles.